The van der Waals surface area contributed by atoms with Crippen LogP contribution in [-0.2, 0) is 17.1 Å². The topological polar surface area (TPSA) is 81.2 Å². The molecule has 0 aromatic carbocycles. The molecule has 0 aliphatic carbocycles. The summed E-state index contributed by atoms with van der Waals surface area (Å²) < 4.78 is 27.5. The van der Waals surface area contributed by atoms with E-state index in [4.69, 9.17) is 5.73 Å². The van der Waals surface area contributed by atoms with Gasteiger partial charge in [-0.15, -0.1) is 0 Å². The number of nitrogens with two attached hydrogens (primary N) is 1. The lowest BCUT2D eigenvalue weighted by atomic mass is 10.3. The van der Waals surface area contributed by atoms with Gasteiger partial charge >= 0.3 is 0 Å². The molecule has 1 atom stereocenters. The highest BCUT2D eigenvalue weighted by Gasteiger charge is 2.32. The molecule has 2 rings (SSSR count). The SMILES string of the molecule is Cc1c(S(=O)(=O)N2CC[C@H](N)C2)cnn1C. The third-order valence-corrected chi connectivity index (χ3v) is 4.96. The van der Waals surface area contributed by atoms with Crippen LogP contribution < -0.4 is 5.73 Å². The molecule has 0 bridgehead atoms. The quantitative estimate of drug-likeness (QED) is 0.757. The number of hydrogen-bond acceptors (Lipinski definition) is 4. The Labute approximate surface area is 95.1 Å². The summed E-state index contributed by atoms with van der Waals surface area (Å²) in [5.41, 5.74) is 6.37. The predicted octanol–water partition coefficient (Wildman–Crippen LogP) is -0.550. The number of nitrogens with zero attached hydrogens (tertiary/aromatic N) is 3. The molecule has 1 fully saturated rings. The van der Waals surface area contributed by atoms with Crippen LogP contribution in [0.3, 0.4) is 0 Å². The van der Waals surface area contributed by atoms with E-state index in [0.717, 1.165) is 6.42 Å². The predicted molar refractivity (Wildman–Crippen MR) is 59.3 cm³/mol. The van der Waals surface area contributed by atoms with Crippen LogP contribution in [0, 0.1) is 6.92 Å². The van der Waals surface area contributed by atoms with Crippen molar-refractivity contribution in [1.29, 1.82) is 0 Å². The van der Waals surface area contributed by atoms with E-state index in [0.29, 0.717) is 18.8 Å². The summed E-state index contributed by atoms with van der Waals surface area (Å²) in [7, 11) is -1.69. The average Bonchev–Trinajstić information content (AvgIpc) is 2.76. The number of aryl methyl sites for hydroxylation is 1. The molecule has 1 aromatic rings. The van der Waals surface area contributed by atoms with Crippen molar-refractivity contribution in [1.82, 2.24) is 14.1 Å². The summed E-state index contributed by atoms with van der Waals surface area (Å²) in [6, 6.07) is -0.0493. The molecule has 0 unspecified atom stereocenters. The highest BCUT2D eigenvalue weighted by molar-refractivity contribution is 7.89. The lowest BCUT2D eigenvalue weighted by molar-refractivity contribution is 0.472. The Morgan fingerprint density at radius 3 is 2.69 bits per heavy atom. The van der Waals surface area contributed by atoms with E-state index in [1.807, 2.05) is 0 Å². The van der Waals surface area contributed by atoms with E-state index in [2.05, 4.69) is 5.10 Å². The second-order valence-electron chi connectivity index (χ2n) is 4.13. The van der Waals surface area contributed by atoms with Gasteiger partial charge in [0.1, 0.15) is 4.90 Å². The summed E-state index contributed by atoms with van der Waals surface area (Å²) in [6.45, 7) is 2.64. The molecule has 0 amide bonds. The first-order valence-corrected chi connectivity index (χ1v) is 6.61. The van der Waals surface area contributed by atoms with Crippen molar-refractivity contribution >= 4 is 10.0 Å². The number of rotatable bonds is 2. The van der Waals surface area contributed by atoms with Gasteiger partial charge < -0.3 is 5.73 Å². The zero-order valence-electron chi connectivity index (χ0n) is 9.42. The molecule has 0 saturated carbocycles. The first kappa shape index (κ1) is 11.6. The maximum Gasteiger partial charge on any atom is 0.246 e. The van der Waals surface area contributed by atoms with Gasteiger partial charge in [-0.2, -0.15) is 9.40 Å². The van der Waals surface area contributed by atoms with Crippen LogP contribution >= 0.6 is 0 Å². The summed E-state index contributed by atoms with van der Waals surface area (Å²) in [6.07, 6.45) is 2.12. The Morgan fingerprint density at radius 2 is 2.25 bits per heavy atom. The molecule has 1 saturated heterocycles. The highest BCUT2D eigenvalue weighted by Crippen LogP contribution is 2.22. The average molecular weight is 244 g/mol. The van der Waals surface area contributed by atoms with Crippen molar-refractivity contribution in [2.24, 2.45) is 12.8 Å². The number of sulfonamides is 1. The van der Waals surface area contributed by atoms with Crippen LogP contribution in [0.25, 0.3) is 0 Å². The van der Waals surface area contributed by atoms with Crippen molar-refractivity contribution in [3.8, 4) is 0 Å². The van der Waals surface area contributed by atoms with E-state index < -0.39 is 10.0 Å². The van der Waals surface area contributed by atoms with E-state index in [9.17, 15) is 8.42 Å². The van der Waals surface area contributed by atoms with Gasteiger partial charge in [0.15, 0.2) is 0 Å². The van der Waals surface area contributed by atoms with Gasteiger partial charge in [0.05, 0.1) is 11.9 Å². The molecule has 7 heteroatoms. The first-order chi connectivity index (χ1) is 7.43. The molecule has 2 heterocycles. The number of hydrogen-bond donors (Lipinski definition) is 1. The maximum absolute atomic E-state index is 12.2. The highest BCUT2D eigenvalue weighted by atomic mass is 32.2. The molecule has 6 nitrogen and oxygen atoms in total. The summed E-state index contributed by atoms with van der Waals surface area (Å²) >= 11 is 0. The van der Waals surface area contributed by atoms with E-state index in [1.165, 1.54) is 10.5 Å². The lowest BCUT2D eigenvalue weighted by Gasteiger charge is -2.15. The first-order valence-electron chi connectivity index (χ1n) is 5.17. The summed E-state index contributed by atoms with van der Waals surface area (Å²) in [4.78, 5) is 0.282. The van der Waals surface area contributed by atoms with Crippen molar-refractivity contribution in [3.05, 3.63) is 11.9 Å². The van der Waals surface area contributed by atoms with E-state index >= 15 is 0 Å². The van der Waals surface area contributed by atoms with Crippen LogP contribution in [0.1, 0.15) is 12.1 Å². The Balaban J connectivity index is 2.36. The molecule has 1 aliphatic heterocycles. The van der Waals surface area contributed by atoms with Gasteiger partial charge in [0.25, 0.3) is 0 Å². The second kappa shape index (κ2) is 3.83. The third kappa shape index (κ3) is 1.74. The Bertz CT molecular complexity index is 494. The van der Waals surface area contributed by atoms with Gasteiger partial charge in [-0.05, 0) is 13.3 Å². The second-order valence-corrected chi connectivity index (χ2v) is 6.04. The Morgan fingerprint density at radius 1 is 1.56 bits per heavy atom. The lowest BCUT2D eigenvalue weighted by Crippen LogP contribution is -2.32. The molecule has 2 N–H and O–H groups in total. The molecule has 90 valence electrons. The molecular formula is C9H16N4O2S. The van der Waals surface area contributed by atoms with Gasteiger partial charge in [-0.1, -0.05) is 0 Å². The van der Waals surface area contributed by atoms with Gasteiger partial charge in [0, 0.05) is 26.2 Å². The molecule has 16 heavy (non-hydrogen) atoms. The zero-order chi connectivity index (χ0) is 11.9. The molecule has 0 spiro atoms. The fourth-order valence-corrected chi connectivity index (χ4v) is 3.54. The number of aromatic nitrogens is 2. The minimum Gasteiger partial charge on any atom is -0.326 e. The zero-order valence-corrected chi connectivity index (χ0v) is 10.2. The van der Waals surface area contributed by atoms with Crippen LogP contribution in [0.2, 0.25) is 0 Å². The van der Waals surface area contributed by atoms with Crippen molar-refractivity contribution in [2.45, 2.75) is 24.3 Å². The van der Waals surface area contributed by atoms with Gasteiger partial charge in [-0.25, -0.2) is 8.42 Å². The van der Waals surface area contributed by atoms with Gasteiger partial charge in [-0.3, -0.25) is 4.68 Å². The summed E-state index contributed by atoms with van der Waals surface area (Å²) in [5.74, 6) is 0. The van der Waals surface area contributed by atoms with Crippen LogP contribution in [0.15, 0.2) is 11.1 Å². The molecule has 1 aliphatic rings. The smallest absolute Gasteiger partial charge is 0.246 e. The standard InChI is InChI=1S/C9H16N4O2S/c1-7-9(5-11-12(7)2)16(14,15)13-4-3-8(10)6-13/h5,8H,3-4,6,10H2,1-2H3/t8-/m0/s1. The summed E-state index contributed by atoms with van der Waals surface area (Å²) in [5, 5.41) is 3.95. The molecule has 0 radical (unpaired) electrons. The maximum atomic E-state index is 12.2. The fraction of sp³-hybridized carbons (Fsp3) is 0.667. The van der Waals surface area contributed by atoms with Crippen LogP contribution in [0.4, 0.5) is 0 Å². The van der Waals surface area contributed by atoms with Crippen molar-refractivity contribution in [2.75, 3.05) is 13.1 Å². The monoisotopic (exact) mass is 244 g/mol. The third-order valence-electron chi connectivity index (χ3n) is 3.00. The van der Waals surface area contributed by atoms with Crippen LogP contribution in [0.5, 0.6) is 0 Å². The van der Waals surface area contributed by atoms with E-state index in [1.54, 1.807) is 18.7 Å². The van der Waals surface area contributed by atoms with Crippen molar-refractivity contribution < 1.29 is 8.42 Å². The van der Waals surface area contributed by atoms with Crippen molar-refractivity contribution in [3.63, 3.8) is 0 Å². The minimum absolute atomic E-state index is 0.0493. The van der Waals surface area contributed by atoms with Gasteiger partial charge in [0.2, 0.25) is 10.0 Å². The Kier molecular flexibility index (Phi) is 2.77. The minimum atomic E-state index is -3.41. The Hall–Kier alpha value is -0.920. The van der Waals surface area contributed by atoms with Crippen LogP contribution in [-0.4, -0.2) is 41.6 Å². The molecular weight excluding hydrogens is 228 g/mol. The fourth-order valence-electron chi connectivity index (χ4n) is 1.84. The molecule has 1 aromatic heterocycles. The normalized spacial score (nSPS) is 22.8. The largest absolute Gasteiger partial charge is 0.326 e. The van der Waals surface area contributed by atoms with E-state index in [-0.39, 0.29) is 10.9 Å².